The predicted molar refractivity (Wildman–Crippen MR) is 61.7 cm³/mol. The Labute approximate surface area is 92.8 Å². The third kappa shape index (κ3) is 2.35. The van der Waals surface area contributed by atoms with Crippen molar-refractivity contribution >= 4 is 0 Å². The van der Waals surface area contributed by atoms with Gasteiger partial charge in [0.2, 0.25) is 0 Å². The van der Waals surface area contributed by atoms with Gasteiger partial charge in [-0.15, -0.1) is 0 Å². The van der Waals surface area contributed by atoms with E-state index >= 15 is 0 Å². The molecule has 0 aromatic rings. The molecule has 1 saturated heterocycles. The standard InChI is InChI=1S/C13H24FN/c1-2-11-6-3-4-7-12(11)13(14)8-5-9-15-10-13/h11-12,15H,2-10H2,1H3. The molecule has 1 heterocycles. The number of nitrogens with one attached hydrogen (secondary N) is 1. The van der Waals surface area contributed by atoms with Crippen LogP contribution >= 0.6 is 0 Å². The van der Waals surface area contributed by atoms with Crippen LogP contribution in [0.15, 0.2) is 0 Å². The lowest BCUT2D eigenvalue weighted by Crippen LogP contribution is -2.50. The molecule has 2 heteroatoms. The van der Waals surface area contributed by atoms with Gasteiger partial charge >= 0.3 is 0 Å². The summed E-state index contributed by atoms with van der Waals surface area (Å²) < 4.78 is 14.8. The molecule has 0 aromatic carbocycles. The predicted octanol–water partition coefficient (Wildman–Crippen LogP) is 3.29. The van der Waals surface area contributed by atoms with Crippen molar-refractivity contribution in [3.8, 4) is 0 Å². The maximum atomic E-state index is 14.8. The molecule has 1 aliphatic heterocycles. The van der Waals surface area contributed by atoms with Crippen molar-refractivity contribution in [2.24, 2.45) is 11.8 Å². The summed E-state index contributed by atoms with van der Waals surface area (Å²) in [4.78, 5) is 0. The van der Waals surface area contributed by atoms with Crippen molar-refractivity contribution in [3.05, 3.63) is 0 Å². The molecule has 3 atom stereocenters. The smallest absolute Gasteiger partial charge is 0.126 e. The van der Waals surface area contributed by atoms with Gasteiger partial charge in [-0.05, 0) is 37.6 Å². The van der Waals surface area contributed by atoms with Gasteiger partial charge < -0.3 is 5.32 Å². The average molecular weight is 213 g/mol. The fraction of sp³-hybridized carbons (Fsp3) is 1.00. The minimum absolute atomic E-state index is 0.337. The summed E-state index contributed by atoms with van der Waals surface area (Å²) in [5.41, 5.74) is -0.890. The van der Waals surface area contributed by atoms with Gasteiger partial charge in [-0.25, -0.2) is 4.39 Å². The lowest BCUT2D eigenvalue weighted by Gasteiger charge is -2.43. The Balaban J connectivity index is 2.04. The van der Waals surface area contributed by atoms with Crippen LogP contribution in [0.2, 0.25) is 0 Å². The fourth-order valence-electron chi connectivity index (χ4n) is 3.59. The third-order valence-corrected chi connectivity index (χ3v) is 4.46. The Morgan fingerprint density at radius 1 is 1.27 bits per heavy atom. The van der Waals surface area contributed by atoms with Crippen LogP contribution in [0.5, 0.6) is 0 Å². The highest BCUT2D eigenvalue weighted by atomic mass is 19.1. The fourth-order valence-corrected chi connectivity index (χ4v) is 3.59. The van der Waals surface area contributed by atoms with E-state index in [9.17, 15) is 4.39 Å². The number of rotatable bonds is 2. The summed E-state index contributed by atoms with van der Waals surface area (Å²) in [5, 5.41) is 3.24. The van der Waals surface area contributed by atoms with Gasteiger partial charge in [-0.1, -0.05) is 32.6 Å². The molecule has 15 heavy (non-hydrogen) atoms. The second kappa shape index (κ2) is 4.82. The first-order chi connectivity index (χ1) is 7.26. The summed E-state index contributed by atoms with van der Waals surface area (Å²) in [5.74, 6) is 0.979. The number of halogens is 1. The lowest BCUT2D eigenvalue weighted by molar-refractivity contribution is -0.00222. The van der Waals surface area contributed by atoms with Crippen LogP contribution in [0.4, 0.5) is 4.39 Å². The van der Waals surface area contributed by atoms with Gasteiger partial charge in [0.1, 0.15) is 5.67 Å². The number of hydrogen-bond donors (Lipinski definition) is 1. The van der Waals surface area contributed by atoms with Gasteiger partial charge in [0.25, 0.3) is 0 Å². The summed E-state index contributed by atoms with van der Waals surface area (Å²) in [6.45, 7) is 3.84. The van der Waals surface area contributed by atoms with Crippen LogP contribution in [0.1, 0.15) is 51.9 Å². The summed E-state index contributed by atoms with van der Waals surface area (Å²) in [6.07, 6.45) is 7.91. The highest BCUT2D eigenvalue weighted by molar-refractivity contribution is 4.96. The first-order valence-electron chi connectivity index (χ1n) is 6.66. The largest absolute Gasteiger partial charge is 0.314 e. The van der Waals surface area contributed by atoms with E-state index in [0.717, 1.165) is 32.2 Å². The van der Waals surface area contributed by atoms with Gasteiger partial charge in [0.15, 0.2) is 0 Å². The quantitative estimate of drug-likeness (QED) is 0.742. The van der Waals surface area contributed by atoms with Crippen molar-refractivity contribution in [2.75, 3.05) is 13.1 Å². The average Bonchev–Trinajstić information content (AvgIpc) is 2.30. The Hall–Kier alpha value is -0.110. The summed E-state index contributed by atoms with van der Waals surface area (Å²) in [6, 6.07) is 0. The van der Waals surface area contributed by atoms with Crippen molar-refractivity contribution in [1.29, 1.82) is 0 Å². The molecule has 0 bridgehead atoms. The first-order valence-corrected chi connectivity index (χ1v) is 6.66. The van der Waals surface area contributed by atoms with Crippen LogP contribution in [0.25, 0.3) is 0 Å². The Kier molecular flexibility index (Phi) is 3.65. The molecular weight excluding hydrogens is 189 g/mol. The zero-order valence-electron chi connectivity index (χ0n) is 9.90. The van der Waals surface area contributed by atoms with E-state index < -0.39 is 5.67 Å². The molecule has 0 amide bonds. The number of alkyl halides is 1. The third-order valence-electron chi connectivity index (χ3n) is 4.46. The van der Waals surface area contributed by atoms with Crippen molar-refractivity contribution < 1.29 is 4.39 Å². The van der Waals surface area contributed by atoms with E-state index in [2.05, 4.69) is 12.2 Å². The lowest BCUT2D eigenvalue weighted by atomic mass is 9.68. The Morgan fingerprint density at radius 3 is 2.73 bits per heavy atom. The Morgan fingerprint density at radius 2 is 2.07 bits per heavy atom. The van der Waals surface area contributed by atoms with E-state index in [1.54, 1.807) is 0 Å². The molecule has 1 aliphatic carbocycles. The molecule has 3 unspecified atom stereocenters. The number of piperidine rings is 1. The van der Waals surface area contributed by atoms with E-state index in [1.807, 2.05) is 0 Å². The van der Waals surface area contributed by atoms with Gasteiger partial charge in [0.05, 0.1) is 0 Å². The molecule has 0 spiro atoms. The molecule has 2 fully saturated rings. The maximum absolute atomic E-state index is 14.8. The molecule has 88 valence electrons. The molecule has 0 aromatic heterocycles. The summed E-state index contributed by atoms with van der Waals surface area (Å²) in [7, 11) is 0. The zero-order valence-corrected chi connectivity index (χ0v) is 9.90. The van der Waals surface area contributed by atoms with Crippen LogP contribution in [0, 0.1) is 11.8 Å². The minimum Gasteiger partial charge on any atom is -0.314 e. The van der Waals surface area contributed by atoms with Crippen molar-refractivity contribution in [3.63, 3.8) is 0 Å². The molecule has 1 saturated carbocycles. The monoisotopic (exact) mass is 213 g/mol. The van der Waals surface area contributed by atoms with Crippen molar-refractivity contribution in [2.45, 2.75) is 57.5 Å². The second-order valence-electron chi connectivity index (χ2n) is 5.37. The highest BCUT2D eigenvalue weighted by Crippen LogP contribution is 2.43. The second-order valence-corrected chi connectivity index (χ2v) is 5.37. The maximum Gasteiger partial charge on any atom is 0.126 e. The highest BCUT2D eigenvalue weighted by Gasteiger charge is 2.44. The normalized spacial score (nSPS) is 42.8. The molecule has 0 radical (unpaired) electrons. The number of hydrogen-bond acceptors (Lipinski definition) is 1. The Bertz CT molecular complexity index is 199. The SMILES string of the molecule is CCC1CCCCC1C1(F)CCCNC1. The van der Waals surface area contributed by atoms with E-state index in [-0.39, 0.29) is 0 Å². The van der Waals surface area contributed by atoms with Gasteiger partial charge in [0, 0.05) is 6.54 Å². The van der Waals surface area contributed by atoms with Crippen LogP contribution in [-0.2, 0) is 0 Å². The first kappa shape index (κ1) is 11.4. The van der Waals surface area contributed by atoms with E-state index in [0.29, 0.717) is 18.4 Å². The molecule has 2 rings (SSSR count). The van der Waals surface area contributed by atoms with Crippen LogP contribution in [-0.4, -0.2) is 18.8 Å². The van der Waals surface area contributed by atoms with E-state index in [1.165, 1.54) is 19.3 Å². The van der Waals surface area contributed by atoms with Gasteiger partial charge in [-0.2, -0.15) is 0 Å². The van der Waals surface area contributed by atoms with E-state index in [4.69, 9.17) is 0 Å². The molecule has 2 aliphatic rings. The van der Waals surface area contributed by atoms with Gasteiger partial charge in [-0.3, -0.25) is 0 Å². The topological polar surface area (TPSA) is 12.0 Å². The summed E-state index contributed by atoms with van der Waals surface area (Å²) >= 11 is 0. The van der Waals surface area contributed by atoms with Crippen molar-refractivity contribution in [1.82, 2.24) is 5.32 Å². The molecule has 1 nitrogen and oxygen atoms in total. The van der Waals surface area contributed by atoms with Crippen LogP contribution < -0.4 is 5.32 Å². The zero-order chi connectivity index (χ0) is 10.7. The molecule has 1 N–H and O–H groups in total. The minimum atomic E-state index is -0.890. The van der Waals surface area contributed by atoms with Crippen LogP contribution in [0.3, 0.4) is 0 Å². The molecular formula is C13H24FN.